The molecule has 2 heterocycles. The Hall–Kier alpha value is -2.55. The first-order valence-corrected chi connectivity index (χ1v) is 10.4. The standard InChI is InChI=1S/C21H24F2N4O2S/c1-12-8-21(5,27-18(30-12)26-19(28)29-20(2,3)4)15-6-14(16(22)7-17(15)23)13-9-24-11-25-10-13/h6-7,9-12H,8H2,1-5H3,(H,26,27,28)/t12-,21+/m1/s1. The van der Waals surface area contributed by atoms with E-state index in [1.165, 1.54) is 36.5 Å². The molecule has 0 saturated carbocycles. The molecule has 1 aliphatic rings. The number of nitrogens with one attached hydrogen (secondary N) is 1. The maximum absolute atomic E-state index is 14.9. The van der Waals surface area contributed by atoms with Crippen LogP contribution in [0.4, 0.5) is 13.6 Å². The fourth-order valence-corrected chi connectivity index (χ4v) is 4.51. The first-order chi connectivity index (χ1) is 14.0. The summed E-state index contributed by atoms with van der Waals surface area (Å²) in [5.41, 5.74) is -0.797. The fourth-order valence-electron chi connectivity index (χ4n) is 3.33. The summed E-state index contributed by atoms with van der Waals surface area (Å²) in [6, 6.07) is 2.30. The van der Waals surface area contributed by atoms with Crippen LogP contribution in [-0.4, -0.2) is 32.1 Å². The van der Waals surface area contributed by atoms with Gasteiger partial charge < -0.3 is 4.74 Å². The highest BCUT2D eigenvalue weighted by atomic mass is 32.2. The number of carbonyl (C=O) groups is 1. The molecule has 1 amide bonds. The zero-order valence-electron chi connectivity index (χ0n) is 17.5. The van der Waals surface area contributed by atoms with Crippen LogP contribution in [0.15, 0.2) is 35.8 Å². The van der Waals surface area contributed by atoms with Gasteiger partial charge in [-0.3, -0.25) is 10.3 Å². The Morgan fingerprint density at radius 2 is 1.90 bits per heavy atom. The topological polar surface area (TPSA) is 76.5 Å². The molecular formula is C21H24F2N4O2S. The molecule has 0 fully saturated rings. The smallest absolute Gasteiger partial charge is 0.413 e. The van der Waals surface area contributed by atoms with Crippen molar-refractivity contribution in [3.05, 3.63) is 48.1 Å². The third kappa shape index (κ3) is 5.13. The number of hydrogen-bond acceptors (Lipinski definition) is 6. The van der Waals surface area contributed by atoms with Crippen molar-refractivity contribution in [1.82, 2.24) is 15.3 Å². The molecule has 1 N–H and O–H groups in total. The number of rotatable bonds is 2. The molecule has 2 atom stereocenters. The quantitative estimate of drug-likeness (QED) is 0.716. The van der Waals surface area contributed by atoms with Gasteiger partial charge in [0, 0.05) is 40.4 Å². The van der Waals surface area contributed by atoms with E-state index in [0.29, 0.717) is 17.2 Å². The van der Waals surface area contributed by atoms with Crippen molar-refractivity contribution in [2.24, 2.45) is 4.99 Å². The molecule has 9 heteroatoms. The lowest BCUT2D eigenvalue weighted by Crippen LogP contribution is -2.40. The largest absolute Gasteiger partial charge is 0.444 e. The molecule has 0 unspecified atom stereocenters. The van der Waals surface area contributed by atoms with Gasteiger partial charge >= 0.3 is 6.09 Å². The highest BCUT2D eigenvalue weighted by Gasteiger charge is 2.37. The molecule has 0 aliphatic carbocycles. The highest BCUT2D eigenvalue weighted by molar-refractivity contribution is 8.14. The monoisotopic (exact) mass is 434 g/mol. The molecule has 0 saturated heterocycles. The van der Waals surface area contributed by atoms with Crippen LogP contribution in [0.5, 0.6) is 0 Å². The van der Waals surface area contributed by atoms with Crippen molar-refractivity contribution < 1.29 is 18.3 Å². The third-order valence-electron chi connectivity index (χ3n) is 4.46. The van der Waals surface area contributed by atoms with Crippen molar-refractivity contribution >= 4 is 23.0 Å². The van der Waals surface area contributed by atoms with Gasteiger partial charge in [-0.25, -0.2) is 23.5 Å². The second-order valence-electron chi connectivity index (χ2n) is 8.39. The summed E-state index contributed by atoms with van der Waals surface area (Å²) in [6.45, 7) is 9.01. The molecule has 6 nitrogen and oxygen atoms in total. The van der Waals surface area contributed by atoms with Crippen LogP contribution in [-0.2, 0) is 10.3 Å². The van der Waals surface area contributed by atoms with Gasteiger partial charge in [0.05, 0.1) is 5.54 Å². The molecule has 2 aromatic rings. The summed E-state index contributed by atoms with van der Waals surface area (Å²) in [5, 5.41) is 3.01. The average molecular weight is 435 g/mol. The second kappa shape index (κ2) is 8.29. The molecule has 0 radical (unpaired) electrons. The Bertz CT molecular complexity index is 979. The maximum atomic E-state index is 14.9. The van der Waals surface area contributed by atoms with Crippen molar-refractivity contribution in [3.63, 3.8) is 0 Å². The van der Waals surface area contributed by atoms with E-state index in [-0.39, 0.29) is 16.4 Å². The predicted molar refractivity (Wildman–Crippen MR) is 113 cm³/mol. The molecule has 1 aromatic heterocycles. The van der Waals surface area contributed by atoms with E-state index in [1.807, 2.05) is 6.92 Å². The number of hydrogen-bond donors (Lipinski definition) is 1. The summed E-state index contributed by atoms with van der Waals surface area (Å²) in [5.74, 6) is -1.40. The number of amidine groups is 1. The van der Waals surface area contributed by atoms with Crippen molar-refractivity contribution in [2.75, 3.05) is 0 Å². The number of nitrogens with zero attached hydrogens (tertiary/aromatic N) is 3. The Kier molecular flexibility index (Phi) is 6.12. The number of thioether (sulfide) groups is 1. The van der Waals surface area contributed by atoms with Gasteiger partial charge in [-0.15, -0.1) is 0 Å². The number of ether oxygens (including phenoxy) is 1. The molecule has 30 heavy (non-hydrogen) atoms. The van der Waals surface area contributed by atoms with Gasteiger partial charge in [-0.05, 0) is 40.2 Å². The molecule has 1 aliphatic heterocycles. The van der Waals surface area contributed by atoms with Gasteiger partial charge in [0.1, 0.15) is 23.6 Å². The van der Waals surface area contributed by atoms with Gasteiger partial charge in [-0.2, -0.15) is 0 Å². The zero-order valence-corrected chi connectivity index (χ0v) is 18.3. The summed E-state index contributed by atoms with van der Waals surface area (Å²) in [4.78, 5) is 24.6. The fraction of sp³-hybridized carbons (Fsp3) is 0.429. The number of alkyl carbamates (subject to hydrolysis) is 1. The van der Waals surface area contributed by atoms with Gasteiger partial charge in [0.25, 0.3) is 0 Å². The van der Waals surface area contributed by atoms with Crippen LogP contribution >= 0.6 is 11.8 Å². The average Bonchev–Trinajstić information content (AvgIpc) is 2.59. The van der Waals surface area contributed by atoms with E-state index in [2.05, 4.69) is 20.3 Å². The lowest BCUT2D eigenvalue weighted by atomic mass is 9.85. The number of halogens is 2. The van der Waals surface area contributed by atoms with E-state index in [9.17, 15) is 13.6 Å². The Balaban J connectivity index is 1.99. The van der Waals surface area contributed by atoms with Crippen molar-refractivity contribution in [3.8, 4) is 11.1 Å². The van der Waals surface area contributed by atoms with E-state index >= 15 is 0 Å². The first-order valence-electron chi connectivity index (χ1n) is 9.48. The Labute approximate surface area is 178 Å². The van der Waals surface area contributed by atoms with Crippen LogP contribution < -0.4 is 5.32 Å². The summed E-state index contributed by atoms with van der Waals surface area (Å²) >= 11 is 1.37. The number of aliphatic imine (C=N–C) groups is 1. The first kappa shape index (κ1) is 22.1. The normalized spacial score (nSPS) is 21.7. The van der Waals surface area contributed by atoms with E-state index < -0.39 is 28.9 Å². The van der Waals surface area contributed by atoms with Crippen LogP contribution in [0.2, 0.25) is 0 Å². The molecule has 160 valence electrons. The van der Waals surface area contributed by atoms with E-state index in [0.717, 1.165) is 6.07 Å². The number of amides is 1. The van der Waals surface area contributed by atoms with E-state index in [1.54, 1.807) is 27.7 Å². The predicted octanol–water partition coefficient (Wildman–Crippen LogP) is 5.04. The second-order valence-corrected chi connectivity index (χ2v) is 9.82. The summed E-state index contributed by atoms with van der Waals surface area (Å²) in [7, 11) is 0. The molecule has 0 bridgehead atoms. The Morgan fingerprint density at radius 1 is 1.23 bits per heavy atom. The third-order valence-corrected chi connectivity index (χ3v) is 5.45. The van der Waals surface area contributed by atoms with Crippen LogP contribution in [0.1, 0.15) is 46.6 Å². The number of carbonyl (C=O) groups excluding carboxylic acids is 1. The van der Waals surface area contributed by atoms with Gasteiger partial charge in [-0.1, -0.05) is 18.7 Å². The van der Waals surface area contributed by atoms with E-state index in [4.69, 9.17) is 4.74 Å². The van der Waals surface area contributed by atoms with Crippen LogP contribution in [0.3, 0.4) is 0 Å². The SMILES string of the molecule is C[C@@H]1C[C@@](C)(c2cc(-c3cncnc3)c(F)cc2F)N=C(NC(=O)OC(C)(C)C)S1. The van der Waals surface area contributed by atoms with Crippen molar-refractivity contribution in [2.45, 2.75) is 57.4 Å². The number of aromatic nitrogens is 2. The van der Waals surface area contributed by atoms with Crippen LogP contribution in [0, 0.1) is 11.6 Å². The molecule has 0 spiro atoms. The van der Waals surface area contributed by atoms with Gasteiger partial charge in [0.2, 0.25) is 0 Å². The number of benzene rings is 1. The summed E-state index contributed by atoms with van der Waals surface area (Å²) < 4.78 is 34.6. The lowest BCUT2D eigenvalue weighted by molar-refractivity contribution is 0.0564. The van der Waals surface area contributed by atoms with Crippen LogP contribution in [0.25, 0.3) is 11.1 Å². The molecule has 1 aromatic carbocycles. The molecule has 3 rings (SSSR count). The minimum absolute atomic E-state index is 0.0328. The van der Waals surface area contributed by atoms with Gasteiger partial charge in [0.15, 0.2) is 5.17 Å². The minimum atomic E-state index is -1.00. The Morgan fingerprint density at radius 3 is 2.53 bits per heavy atom. The molecular weight excluding hydrogens is 410 g/mol. The maximum Gasteiger partial charge on any atom is 0.413 e. The minimum Gasteiger partial charge on any atom is -0.444 e. The zero-order chi connectivity index (χ0) is 22.1. The van der Waals surface area contributed by atoms with Crippen molar-refractivity contribution in [1.29, 1.82) is 0 Å². The lowest BCUT2D eigenvalue weighted by Gasteiger charge is -2.34. The highest BCUT2D eigenvalue weighted by Crippen LogP contribution is 2.41. The summed E-state index contributed by atoms with van der Waals surface area (Å²) in [6.07, 6.45) is 4.14.